The van der Waals surface area contributed by atoms with E-state index in [0.29, 0.717) is 20.0 Å². The van der Waals surface area contributed by atoms with Gasteiger partial charge in [0.15, 0.2) is 0 Å². The molecule has 0 aliphatic heterocycles. The molecule has 146 valence electrons. The quantitative estimate of drug-likeness (QED) is 0.664. The molecule has 4 aliphatic rings. The number of H-pyrrole nitrogens is 1. The number of nitrogens with zero attached hydrogens (tertiary/aromatic N) is 1. The van der Waals surface area contributed by atoms with Crippen LogP contribution in [0.3, 0.4) is 0 Å². The summed E-state index contributed by atoms with van der Waals surface area (Å²) in [6.45, 7) is 0. The molecule has 3 N–H and O–H groups in total. The highest BCUT2D eigenvalue weighted by Gasteiger charge is 2.51. The minimum absolute atomic E-state index is 0.00557. The van der Waals surface area contributed by atoms with Gasteiger partial charge in [0.1, 0.15) is 17.4 Å². The molecule has 0 unspecified atom stereocenters. The van der Waals surface area contributed by atoms with Crippen LogP contribution < -0.4 is 10.9 Å². The molecular weight excluding hydrogens is 394 g/mol. The number of carbonyl (C=O) groups is 1. The molecule has 2 aromatic heterocycles. The van der Waals surface area contributed by atoms with Crippen LogP contribution in [0.5, 0.6) is 5.75 Å². The molecule has 2 heterocycles. The molecule has 4 aliphatic carbocycles. The first-order valence-electron chi connectivity index (χ1n) is 9.67. The molecule has 6 rings (SSSR count). The standard InChI is InChI=1S/C20H21N3O3S2/c21-8-13-17-18(14(24)4-15(25)22-17)28-19(13)27-9-16(26)23-20-5-10-1-11(6-20)3-12(2-10)7-20/h4,10-12H,1-3,5-7,9H2,(H,23,26)(H2,22,24,25). The van der Waals surface area contributed by atoms with Gasteiger partial charge >= 0.3 is 0 Å². The summed E-state index contributed by atoms with van der Waals surface area (Å²) in [5.41, 5.74) is 0.200. The molecule has 4 saturated carbocycles. The Hall–Kier alpha value is -1.98. The summed E-state index contributed by atoms with van der Waals surface area (Å²) >= 11 is 2.54. The Balaban J connectivity index is 1.32. The van der Waals surface area contributed by atoms with Gasteiger partial charge in [-0.1, -0.05) is 0 Å². The van der Waals surface area contributed by atoms with E-state index < -0.39 is 5.56 Å². The number of thiophene rings is 1. The van der Waals surface area contributed by atoms with E-state index in [4.69, 9.17) is 0 Å². The number of amides is 1. The summed E-state index contributed by atoms with van der Waals surface area (Å²) in [5.74, 6) is 2.41. The van der Waals surface area contributed by atoms with Crippen LogP contribution in [0.4, 0.5) is 0 Å². The van der Waals surface area contributed by atoms with Crippen LogP contribution in [-0.2, 0) is 4.79 Å². The fourth-order valence-electron chi connectivity index (χ4n) is 5.99. The molecule has 8 heteroatoms. The van der Waals surface area contributed by atoms with Gasteiger partial charge in [-0.3, -0.25) is 9.59 Å². The van der Waals surface area contributed by atoms with Crippen molar-refractivity contribution in [2.24, 2.45) is 17.8 Å². The Bertz CT molecular complexity index is 1030. The van der Waals surface area contributed by atoms with Crippen molar-refractivity contribution in [1.29, 1.82) is 5.26 Å². The van der Waals surface area contributed by atoms with E-state index in [-0.39, 0.29) is 22.9 Å². The minimum atomic E-state index is -0.449. The summed E-state index contributed by atoms with van der Waals surface area (Å²) < 4.78 is 1.12. The predicted molar refractivity (Wildman–Crippen MR) is 109 cm³/mol. The van der Waals surface area contributed by atoms with Gasteiger partial charge in [-0.15, -0.1) is 23.1 Å². The van der Waals surface area contributed by atoms with Gasteiger partial charge in [0.2, 0.25) is 5.91 Å². The van der Waals surface area contributed by atoms with E-state index in [9.17, 15) is 20.0 Å². The lowest BCUT2D eigenvalue weighted by Crippen LogP contribution is -2.60. The summed E-state index contributed by atoms with van der Waals surface area (Å²) in [6.07, 6.45) is 7.32. The number of aromatic hydroxyl groups is 1. The van der Waals surface area contributed by atoms with Crippen LogP contribution in [0.15, 0.2) is 15.1 Å². The van der Waals surface area contributed by atoms with Crippen molar-refractivity contribution in [1.82, 2.24) is 10.3 Å². The van der Waals surface area contributed by atoms with Crippen LogP contribution in [-0.4, -0.2) is 27.3 Å². The summed E-state index contributed by atoms with van der Waals surface area (Å²) in [7, 11) is 0. The van der Waals surface area contributed by atoms with Gasteiger partial charge in [0.25, 0.3) is 5.56 Å². The monoisotopic (exact) mass is 415 g/mol. The third kappa shape index (κ3) is 3.01. The third-order valence-electron chi connectivity index (χ3n) is 6.51. The molecule has 4 bridgehead atoms. The number of nitrogens with one attached hydrogen (secondary N) is 2. The maximum absolute atomic E-state index is 12.7. The van der Waals surface area contributed by atoms with Crippen LogP contribution >= 0.6 is 23.1 Å². The molecule has 2 aromatic rings. The number of aromatic nitrogens is 1. The smallest absolute Gasteiger partial charge is 0.252 e. The van der Waals surface area contributed by atoms with Gasteiger partial charge in [-0.2, -0.15) is 5.26 Å². The van der Waals surface area contributed by atoms with Gasteiger partial charge in [0, 0.05) is 11.6 Å². The highest BCUT2D eigenvalue weighted by Crippen LogP contribution is 2.55. The number of pyridine rings is 1. The second kappa shape index (κ2) is 6.53. The van der Waals surface area contributed by atoms with Gasteiger partial charge in [-0.25, -0.2) is 0 Å². The predicted octanol–water partition coefficient (Wildman–Crippen LogP) is 3.34. The number of rotatable bonds is 4. The maximum atomic E-state index is 12.7. The molecule has 0 saturated heterocycles. The minimum Gasteiger partial charge on any atom is -0.506 e. The lowest BCUT2D eigenvalue weighted by Gasteiger charge is -2.56. The van der Waals surface area contributed by atoms with Crippen molar-refractivity contribution < 1.29 is 9.90 Å². The second-order valence-corrected chi connectivity index (χ2v) is 10.9. The first-order valence-corrected chi connectivity index (χ1v) is 11.5. The van der Waals surface area contributed by atoms with E-state index in [1.54, 1.807) is 0 Å². The highest BCUT2D eigenvalue weighted by molar-refractivity contribution is 8.02. The zero-order chi connectivity index (χ0) is 19.5. The first kappa shape index (κ1) is 18.1. The van der Waals surface area contributed by atoms with E-state index in [2.05, 4.69) is 16.4 Å². The van der Waals surface area contributed by atoms with E-state index in [1.165, 1.54) is 42.4 Å². The van der Waals surface area contributed by atoms with Crippen LogP contribution in [0, 0.1) is 29.1 Å². The summed E-state index contributed by atoms with van der Waals surface area (Å²) in [4.78, 5) is 26.9. The molecular formula is C20H21N3O3S2. The number of nitriles is 1. The Morgan fingerprint density at radius 3 is 2.57 bits per heavy atom. The van der Waals surface area contributed by atoms with Crippen molar-refractivity contribution in [2.45, 2.75) is 48.3 Å². The van der Waals surface area contributed by atoms with E-state index in [1.807, 2.05) is 0 Å². The molecule has 0 atom stereocenters. The van der Waals surface area contributed by atoms with Crippen LogP contribution in [0.2, 0.25) is 0 Å². The van der Waals surface area contributed by atoms with Crippen molar-refractivity contribution in [2.75, 3.05) is 5.75 Å². The average Bonchev–Trinajstić information content (AvgIpc) is 2.96. The largest absolute Gasteiger partial charge is 0.506 e. The third-order valence-corrected chi connectivity index (χ3v) is 9.00. The van der Waals surface area contributed by atoms with Crippen LogP contribution in [0.1, 0.15) is 44.1 Å². The topological polar surface area (TPSA) is 106 Å². The lowest BCUT2D eigenvalue weighted by molar-refractivity contribution is -0.124. The van der Waals surface area contributed by atoms with Gasteiger partial charge < -0.3 is 15.4 Å². The number of fused-ring (bicyclic) bond motifs is 1. The van der Waals surface area contributed by atoms with Crippen molar-refractivity contribution in [3.8, 4) is 11.8 Å². The zero-order valence-electron chi connectivity index (χ0n) is 15.3. The Labute approximate surface area is 170 Å². The molecule has 1 amide bonds. The number of hydrogen-bond acceptors (Lipinski definition) is 6. The second-order valence-electron chi connectivity index (χ2n) is 8.63. The molecule has 28 heavy (non-hydrogen) atoms. The van der Waals surface area contributed by atoms with Crippen LogP contribution in [0.25, 0.3) is 10.2 Å². The normalized spacial score (nSPS) is 30.5. The molecule has 0 spiro atoms. The summed E-state index contributed by atoms with van der Waals surface area (Å²) in [5, 5.41) is 22.8. The average molecular weight is 416 g/mol. The van der Waals surface area contributed by atoms with Crippen molar-refractivity contribution in [3.63, 3.8) is 0 Å². The number of aromatic amines is 1. The Kier molecular flexibility index (Phi) is 4.21. The lowest BCUT2D eigenvalue weighted by atomic mass is 9.53. The van der Waals surface area contributed by atoms with Crippen molar-refractivity contribution >= 4 is 39.2 Å². The van der Waals surface area contributed by atoms with Crippen molar-refractivity contribution in [3.05, 3.63) is 22.0 Å². The zero-order valence-corrected chi connectivity index (χ0v) is 16.9. The van der Waals surface area contributed by atoms with E-state index >= 15 is 0 Å². The highest BCUT2D eigenvalue weighted by atomic mass is 32.2. The number of thioether (sulfide) groups is 1. The number of hydrogen-bond donors (Lipinski definition) is 3. The maximum Gasteiger partial charge on any atom is 0.252 e. The number of carbonyl (C=O) groups excluding carboxylic acids is 1. The molecule has 6 nitrogen and oxygen atoms in total. The Morgan fingerprint density at radius 1 is 1.32 bits per heavy atom. The molecule has 4 fully saturated rings. The molecule has 0 aromatic carbocycles. The molecule has 0 radical (unpaired) electrons. The Morgan fingerprint density at radius 2 is 1.96 bits per heavy atom. The fourth-order valence-corrected chi connectivity index (χ4v) is 8.13. The van der Waals surface area contributed by atoms with E-state index in [0.717, 1.165) is 43.1 Å². The van der Waals surface area contributed by atoms with Gasteiger partial charge in [-0.05, 0) is 56.3 Å². The SMILES string of the molecule is N#Cc1c(SCC(=O)NC23CC4CC(CC(C4)C2)C3)sc2c(O)cc(=O)[nH]c12. The van der Waals surface area contributed by atoms with Gasteiger partial charge in [0.05, 0.1) is 20.2 Å². The first-order chi connectivity index (χ1) is 13.4. The summed E-state index contributed by atoms with van der Waals surface area (Å²) in [6, 6.07) is 3.21. The fraction of sp³-hybridized carbons (Fsp3) is 0.550.